The molecule has 94 valence electrons. The van der Waals surface area contributed by atoms with E-state index in [4.69, 9.17) is 24.7 Å². The van der Waals surface area contributed by atoms with Crippen LogP contribution in [0.25, 0.3) is 0 Å². The molecule has 0 aromatic heterocycles. The first-order valence-corrected chi connectivity index (χ1v) is 5.64. The maximum Gasteiger partial charge on any atom is 0.231 e. The minimum Gasteiger partial charge on any atom is -0.454 e. The molecule has 1 aliphatic rings. The van der Waals surface area contributed by atoms with Crippen LogP contribution in [0.1, 0.15) is 5.56 Å². The van der Waals surface area contributed by atoms with Gasteiger partial charge in [-0.1, -0.05) is 6.07 Å². The summed E-state index contributed by atoms with van der Waals surface area (Å²) in [7, 11) is 0. The number of benzene rings is 1. The van der Waals surface area contributed by atoms with Crippen molar-refractivity contribution >= 4 is 0 Å². The average molecular weight is 239 g/mol. The number of fused-ring (bicyclic) bond motifs is 1. The lowest BCUT2D eigenvalue weighted by Crippen LogP contribution is -2.11. The maximum absolute atomic E-state index is 5.46. The molecule has 0 saturated heterocycles. The summed E-state index contributed by atoms with van der Waals surface area (Å²) in [4.78, 5) is 0. The number of nitrogens with two attached hydrogens (primary N) is 1. The van der Waals surface area contributed by atoms with Crippen molar-refractivity contribution in [2.45, 2.75) is 6.61 Å². The molecule has 5 heteroatoms. The fourth-order valence-electron chi connectivity index (χ4n) is 1.52. The van der Waals surface area contributed by atoms with Gasteiger partial charge in [0.15, 0.2) is 11.5 Å². The van der Waals surface area contributed by atoms with Gasteiger partial charge in [-0.25, -0.2) is 0 Å². The normalized spacial score (nSPS) is 13.0. The van der Waals surface area contributed by atoms with E-state index in [1.807, 2.05) is 18.2 Å². The van der Waals surface area contributed by atoms with Crippen molar-refractivity contribution in [1.82, 2.24) is 0 Å². The SMILES string of the molecule is NCCOCCOCc1ccc2c(c1)OCO2. The van der Waals surface area contributed by atoms with Crippen LogP contribution in [0.3, 0.4) is 0 Å². The van der Waals surface area contributed by atoms with Crippen LogP contribution in [0.15, 0.2) is 18.2 Å². The summed E-state index contributed by atoms with van der Waals surface area (Å²) in [6.45, 7) is 3.10. The van der Waals surface area contributed by atoms with Crippen LogP contribution >= 0.6 is 0 Å². The van der Waals surface area contributed by atoms with E-state index in [1.54, 1.807) is 0 Å². The van der Waals surface area contributed by atoms with E-state index >= 15 is 0 Å². The lowest BCUT2D eigenvalue weighted by atomic mass is 10.2. The Hall–Kier alpha value is -1.30. The van der Waals surface area contributed by atoms with Gasteiger partial charge in [-0.3, -0.25) is 0 Å². The molecule has 0 spiro atoms. The first kappa shape index (κ1) is 12.2. The molecule has 0 amide bonds. The predicted octanol–water partition coefficient (Wildman–Crippen LogP) is 0.907. The van der Waals surface area contributed by atoms with Crippen LogP contribution in [0.4, 0.5) is 0 Å². The van der Waals surface area contributed by atoms with Crippen LogP contribution in [0.2, 0.25) is 0 Å². The monoisotopic (exact) mass is 239 g/mol. The molecule has 17 heavy (non-hydrogen) atoms. The van der Waals surface area contributed by atoms with Crippen molar-refractivity contribution < 1.29 is 18.9 Å². The first-order chi connectivity index (χ1) is 8.40. The number of hydrogen-bond donors (Lipinski definition) is 1. The number of ether oxygens (including phenoxy) is 4. The first-order valence-electron chi connectivity index (χ1n) is 5.64. The molecule has 1 aliphatic heterocycles. The molecule has 1 aromatic rings. The van der Waals surface area contributed by atoms with Crippen molar-refractivity contribution in [3.8, 4) is 11.5 Å². The van der Waals surface area contributed by atoms with Gasteiger partial charge in [0.1, 0.15) is 0 Å². The van der Waals surface area contributed by atoms with Crippen LogP contribution in [-0.4, -0.2) is 33.2 Å². The fourth-order valence-corrected chi connectivity index (χ4v) is 1.52. The zero-order chi connectivity index (χ0) is 11.9. The standard InChI is InChI=1S/C12H17NO4/c13-3-4-14-5-6-15-8-10-1-2-11-12(7-10)17-9-16-11/h1-2,7H,3-6,8-9,13H2. The Balaban J connectivity index is 1.69. The van der Waals surface area contributed by atoms with E-state index in [0.29, 0.717) is 39.8 Å². The van der Waals surface area contributed by atoms with E-state index in [2.05, 4.69) is 0 Å². The molecule has 0 fully saturated rings. The van der Waals surface area contributed by atoms with Crippen molar-refractivity contribution in [2.75, 3.05) is 33.2 Å². The van der Waals surface area contributed by atoms with Crippen molar-refractivity contribution in [3.05, 3.63) is 23.8 Å². The van der Waals surface area contributed by atoms with Crippen LogP contribution in [0, 0.1) is 0 Å². The third-order valence-corrected chi connectivity index (χ3v) is 2.34. The third-order valence-electron chi connectivity index (χ3n) is 2.34. The highest BCUT2D eigenvalue weighted by Crippen LogP contribution is 2.32. The van der Waals surface area contributed by atoms with Gasteiger partial charge in [-0.05, 0) is 17.7 Å². The van der Waals surface area contributed by atoms with Gasteiger partial charge in [0.05, 0.1) is 26.4 Å². The quantitative estimate of drug-likeness (QED) is 0.716. The molecule has 0 aliphatic carbocycles. The summed E-state index contributed by atoms with van der Waals surface area (Å²) in [5.41, 5.74) is 6.36. The second-order valence-electron chi connectivity index (χ2n) is 3.64. The van der Waals surface area contributed by atoms with E-state index < -0.39 is 0 Å². The third kappa shape index (κ3) is 3.59. The Morgan fingerprint density at radius 2 is 1.88 bits per heavy atom. The highest BCUT2D eigenvalue weighted by atomic mass is 16.7. The molecular formula is C12H17NO4. The molecule has 0 atom stereocenters. The summed E-state index contributed by atoms with van der Waals surface area (Å²) in [5, 5.41) is 0. The summed E-state index contributed by atoms with van der Waals surface area (Å²) in [5.74, 6) is 1.57. The van der Waals surface area contributed by atoms with Crippen molar-refractivity contribution in [2.24, 2.45) is 5.73 Å². The molecule has 2 rings (SSSR count). The zero-order valence-corrected chi connectivity index (χ0v) is 9.69. The van der Waals surface area contributed by atoms with Gasteiger partial charge in [0.2, 0.25) is 6.79 Å². The van der Waals surface area contributed by atoms with Gasteiger partial charge < -0.3 is 24.7 Å². The maximum atomic E-state index is 5.46. The second kappa shape index (κ2) is 6.44. The minimum absolute atomic E-state index is 0.298. The van der Waals surface area contributed by atoms with Gasteiger partial charge in [0, 0.05) is 6.54 Å². The van der Waals surface area contributed by atoms with Crippen LogP contribution < -0.4 is 15.2 Å². The summed E-state index contributed by atoms with van der Waals surface area (Å²) in [6.07, 6.45) is 0. The van der Waals surface area contributed by atoms with Gasteiger partial charge in [-0.2, -0.15) is 0 Å². The van der Waals surface area contributed by atoms with Gasteiger partial charge in [-0.15, -0.1) is 0 Å². The van der Waals surface area contributed by atoms with Crippen molar-refractivity contribution in [1.29, 1.82) is 0 Å². The number of rotatable bonds is 7. The number of hydrogen-bond acceptors (Lipinski definition) is 5. The van der Waals surface area contributed by atoms with Crippen LogP contribution in [-0.2, 0) is 16.1 Å². The smallest absolute Gasteiger partial charge is 0.231 e. The van der Waals surface area contributed by atoms with E-state index in [-0.39, 0.29) is 0 Å². The van der Waals surface area contributed by atoms with E-state index in [0.717, 1.165) is 17.1 Å². The molecule has 1 aromatic carbocycles. The highest BCUT2D eigenvalue weighted by molar-refractivity contribution is 5.44. The molecule has 2 N–H and O–H groups in total. The minimum atomic E-state index is 0.298. The summed E-state index contributed by atoms with van der Waals surface area (Å²) >= 11 is 0. The Labute approximate surface area is 100 Å². The molecule has 1 heterocycles. The van der Waals surface area contributed by atoms with E-state index in [9.17, 15) is 0 Å². The second-order valence-corrected chi connectivity index (χ2v) is 3.64. The van der Waals surface area contributed by atoms with Crippen molar-refractivity contribution in [3.63, 3.8) is 0 Å². The van der Waals surface area contributed by atoms with Crippen LogP contribution in [0.5, 0.6) is 11.5 Å². The molecule has 0 radical (unpaired) electrons. The lowest BCUT2D eigenvalue weighted by Gasteiger charge is -2.05. The Morgan fingerprint density at radius 3 is 2.76 bits per heavy atom. The molecule has 5 nitrogen and oxygen atoms in total. The lowest BCUT2D eigenvalue weighted by molar-refractivity contribution is 0.0433. The van der Waals surface area contributed by atoms with Gasteiger partial charge in [0.25, 0.3) is 0 Å². The predicted molar refractivity (Wildman–Crippen MR) is 62.1 cm³/mol. The van der Waals surface area contributed by atoms with E-state index in [1.165, 1.54) is 0 Å². The molecule has 0 saturated carbocycles. The molecular weight excluding hydrogens is 222 g/mol. The molecule has 0 bridgehead atoms. The fraction of sp³-hybridized carbons (Fsp3) is 0.500. The Morgan fingerprint density at radius 1 is 1.06 bits per heavy atom. The highest BCUT2D eigenvalue weighted by Gasteiger charge is 2.12. The van der Waals surface area contributed by atoms with Gasteiger partial charge >= 0.3 is 0 Å². The summed E-state index contributed by atoms with van der Waals surface area (Å²) < 4.78 is 21.2. The Kier molecular flexibility index (Phi) is 4.61. The topological polar surface area (TPSA) is 62.9 Å². The Bertz CT molecular complexity index is 356. The molecule has 0 unspecified atom stereocenters. The zero-order valence-electron chi connectivity index (χ0n) is 9.69. The average Bonchev–Trinajstić information content (AvgIpc) is 2.81. The summed E-state index contributed by atoms with van der Waals surface area (Å²) in [6, 6.07) is 5.79. The largest absolute Gasteiger partial charge is 0.454 e.